The second-order valence-corrected chi connectivity index (χ2v) is 5.75. The molecule has 0 spiro atoms. The van der Waals surface area contributed by atoms with E-state index in [2.05, 4.69) is 15.9 Å². The van der Waals surface area contributed by atoms with E-state index in [-0.39, 0.29) is 5.91 Å². The maximum Gasteiger partial charge on any atom is 0.289 e. The smallest absolute Gasteiger partial charge is 0.289 e. The van der Waals surface area contributed by atoms with Crippen LogP contribution in [0.3, 0.4) is 0 Å². The van der Waals surface area contributed by atoms with Gasteiger partial charge in [0.05, 0.1) is 0 Å². The maximum absolute atomic E-state index is 12.5. The predicted molar refractivity (Wildman–Crippen MR) is 78.8 cm³/mol. The molecule has 1 atom stereocenters. The van der Waals surface area contributed by atoms with Crippen LogP contribution in [0.4, 0.5) is 0 Å². The van der Waals surface area contributed by atoms with E-state index in [1.54, 1.807) is 0 Å². The van der Waals surface area contributed by atoms with Gasteiger partial charge < -0.3 is 9.32 Å². The minimum absolute atomic E-state index is 0.0100. The van der Waals surface area contributed by atoms with Crippen molar-refractivity contribution in [3.63, 3.8) is 0 Å². The first-order chi connectivity index (χ1) is 9.19. The highest BCUT2D eigenvalue weighted by Gasteiger charge is 2.30. The summed E-state index contributed by atoms with van der Waals surface area (Å²) in [4.78, 5) is 14.4. The number of nitrogens with zero attached hydrogens (tertiary/aromatic N) is 1. The molecule has 100 valence electrons. The number of hydrogen-bond acceptors (Lipinski definition) is 2. The fourth-order valence-electron chi connectivity index (χ4n) is 2.67. The van der Waals surface area contributed by atoms with Gasteiger partial charge in [-0.15, -0.1) is 0 Å². The minimum Gasteiger partial charge on any atom is -0.451 e. The van der Waals surface area contributed by atoms with E-state index < -0.39 is 0 Å². The second-order valence-electron chi connectivity index (χ2n) is 5.10. The molecule has 3 nitrogen and oxygen atoms in total. The number of fused-ring (bicyclic) bond motifs is 1. The summed E-state index contributed by atoms with van der Waals surface area (Å²) in [5, 5.41) is 1.83. The molecule has 1 unspecified atom stereocenters. The number of carbonyl (C=O) groups is 1. The van der Waals surface area contributed by atoms with Gasteiger partial charge in [0.2, 0.25) is 0 Å². The zero-order valence-electron chi connectivity index (χ0n) is 10.9. The molecule has 3 rings (SSSR count). The number of halogens is 1. The topological polar surface area (TPSA) is 33.5 Å². The lowest BCUT2D eigenvalue weighted by atomic mass is 10.2. The van der Waals surface area contributed by atoms with Gasteiger partial charge in [-0.05, 0) is 38.0 Å². The van der Waals surface area contributed by atoms with Crippen molar-refractivity contribution in [3.8, 4) is 0 Å². The SMILES string of the molecule is Cc1ccc2oc(C(=O)N3CCCC3CBr)cc2c1. The molecule has 0 radical (unpaired) electrons. The predicted octanol–water partition coefficient (Wildman–Crippen LogP) is 3.74. The van der Waals surface area contributed by atoms with E-state index in [1.165, 1.54) is 5.56 Å². The van der Waals surface area contributed by atoms with Crippen molar-refractivity contribution >= 4 is 32.8 Å². The highest BCUT2D eigenvalue weighted by atomic mass is 79.9. The van der Waals surface area contributed by atoms with Gasteiger partial charge in [0, 0.05) is 23.3 Å². The van der Waals surface area contributed by atoms with Crippen LogP contribution in [0.5, 0.6) is 0 Å². The van der Waals surface area contributed by atoms with E-state index >= 15 is 0 Å². The lowest BCUT2D eigenvalue weighted by Gasteiger charge is -2.21. The molecule has 4 heteroatoms. The molecule has 1 amide bonds. The van der Waals surface area contributed by atoms with Crippen LogP contribution in [0.15, 0.2) is 28.7 Å². The van der Waals surface area contributed by atoms with E-state index in [4.69, 9.17) is 4.42 Å². The van der Waals surface area contributed by atoms with E-state index in [9.17, 15) is 4.79 Å². The van der Waals surface area contributed by atoms with Crippen LogP contribution < -0.4 is 0 Å². The Bertz CT molecular complexity index is 620. The highest BCUT2D eigenvalue weighted by molar-refractivity contribution is 9.09. The number of furan rings is 1. The molecule has 1 aromatic carbocycles. The van der Waals surface area contributed by atoms with Gasteiger partial charge in [0.1, 0.15) is 5.58 Å². The fourth-order valence-corrected chi connectivity index (χ4v) is 3.35. The third-order valence-corrected chi connectivity index (χ3v) is 4.45. The Hall–Kier alpha value is -1.29. The van der Waals surface area contributed by atoms with Gasteiger partial charge in [-0.2, -0.15) is 0 Å². The number of aryl methyl sites for hydroxylation is 1. The first kappa shape index (κ1) is 12.7. The Balaban J connectivity index is 1.93. The molecule has 2 aromatic rings. The Morgan fingerprint density at radius 1 is 1.47 bits per heavy atom. The van der Waals surface area contributed by atoms with Gasteiger partial charge >= 0.3 is 0 Å². The monoisotopic (exact) mass is 321 g/mol. The molecule has 1 aromatic heterocycles. The summed E-state index contributed by atoms with van der Waals surface area (Å²) in [6.07, 6.45) is 2.14. The molecular weight excluding hydrogens is 306 g/mol. The molecule has 1 saturated heterocycles. The van der Waals surface area contributed by atoms with E-state index in [0.717, 1.165) is 35.7 Å². The lowest BCUT2D eigenvalue weighted by molar-refractivity contribution is 0.0721. The zero-order chi connectivity index (χ0) is 13.4. The van der Waals surface area contributed by atoms with Crippen molar-refractivity contribution in [1.82, 2.24) is 4.90 Å². The molecule has 2 heterocycles. The van der Waals surface area contributed by atoms with Gasteiger partial charge in [0.15, 0.2) is 5.76 Å². The van der Waals surface area contributed by atoms with Crippen LogP contribution in [-0.4, -0.2) is 28.7 Å². The lowest BCUT2D eigenvalue weighted by Crippen LogP contribution is -2.36. The van der Waals surface area contributed by atoms with Crippen LogP contribution in [0.2, 0.25) is 0 Å². The maximum atomic E-state index is 12.5. The van der Waals surface area contributed by atoms with E-state index in [1.807, 2.05) is 36.1 Å². The molecule has 19 heavy (non-hydrogen) atoms. The Morgan fingerprint density at radius 2 is 2.32 bits per heavy atom. The number of carbonyl (C=O) groups excluding carboxylic acids is 1. The summed E-state index contributed by atoms with van der Waals surface area (Å²) >= 11 is 3.48. The number of alkyl halides is 1. The van der Waals surface area contributed by atoms with Crippen LogP contribution >= 0.6 is 15.9 Å². The summed E-state index contributed by atoms with van der Waals surface area (Å²) in [6.45, 7) is 2.86. The quantitative estimate of drug-likeness (QED) is 0.789. The molecule has 1 aliphatic rings. The Labute approximate surface area is 120 Å². The van der Waals surface area contributed by atoms with Crippen molar-refractivity contribution in [2.45, 2.75) is 25.8 Å². The van der Waals surface area contributed by atoms with Crippen molar-refractivity contribution in [1.29, 1.82) is 0 Å². The zero-order valence-corrected chi connectivity index (χ0v) is 12.4. The summed E-state index contributed by atoms with van der Waals surface area (Å²) in [6, 6.07) is 8.11. The second kappa shape index (κ2) is 5.00. The van der Waals surface area contributed by atoms with Gasteiger partial charge in [-0.1, -0.05) is 27.6 Å². The molecular formula is C15H16BrNO2. The van der Waals surface area contributed by atoms with Crippen molar-refractivity contribution in [2.24, 2.45) is 0 Å². The first-order valence-corrected chi connectivity index (χ1v) is 7.68. The average Bonchev–Trinajstić information content (AvgIpc) is 3.03. The number of hydrogen-bond donors (Lipinski definition) is 0. The average molecular weight is 322 g/mol. The number of likely N-dealkylation sites (tertiary alicyclic amines) is 1. The third kappa shape index (κ3) is 2.29. The van der Waals surface area contributed by atoms with Crippen molar-refractivity contribution in [3.05, 3.63) is 35.6 Å². The molecule has 1 aliphatic heterocycles. The summed E-state index contributed by atoms with van der Waals surface area (Å²) in [7, 11) is 0. The van der Waals surface area contributed by atoms with Crippen LogP contribution in [-0.2, 0) is 0 Å². The Morgan fingerprint density at radius 3 is 3.11 bits per heavy atom. The molecule has 0 N–H and O–H groups in total. The molecule has 0 aliphatic carbocycles. The number of rotatable bonds is 2. The number of benzene rings is 1. The summed E-state index contributed by atoms with van der Waals surface area (Å²) in [5.41, 5.74) is 1.95. The van der Waals surface area contributed by atoms with Gasteiger partial charge in [-0.3, -0.25) is 4.79 Å². The van der Waals surface area contributed by atoms with Crippen molar-refractivity contribution < 1.29 is 9.21 Å². The standard InChI is InChI=1S/C15H16BrNO2/c1-10-4-5-13-11(7-10)8-14(19-13)15(18)17-6-2-3-12(17)9-16/h4-5,7-8,12H,2-3,6,9H2,1H3. The van der Waals surface area contributed by atoms with E-state index in [0.29, 0.717) is 11.8 Å². The minimum atomic E-state index is 0.0100. The normalized spacial score (nSPS) is 19.3. The fraction of sp³-hybridized carbons (Fsp3) is 0.400. The van der Waals surface area contributed by atoms with Gasteiger partial charge in [-0.25, -0.2) is 0 Å². The third-order valence-electron chi connectivity index (χ3n) is 3.70. The molecule has 1 fully saturated rings. The van der Waals surface area contributed by atoms with Crippen molar-refractivity contribution in [2.75, 3.05) is 11.9 Å². The number of amides is 1. The van der Waals surface area contributed by atoms with Gasteiger partial charge in [0.25, 0.3) is 5.91 Å². The Kier molecular flexibility index (Phi) is 3.35. The highest BCUT2D eigenvalue weighted by Crippen LogP contribution is 2.25. The first-order valence-electron chi connectivity index (χ1n) is 6.56. The largest absolute Gasteiger partial charge is 0.451 e. The molecule has 0 saturated carbocycles. The summed E-state index contributed by atoms with van der Waals surface area (Å²) < 4.78 is 5.68. The van der Waals surface area contributed by atoms with Crippen LogP contribution in [0.1, 0.15) is 29.0 Å². The molecule has 0 bridgehead atoms. The van der Waals surface area contributed by atoms with Crippen LogP contribution in [0, 0.1) is 6.92 Å². The summed E-state index contributed by atoms with van der Waals surface area (Å²) in [5.74, 6) is 0.462. The van der Waals surface area contributed by atoms with Crippen LogP contribution in [0.25, 0.3) is 11.0 Å².